The Bertz CT molecular complexity index is 453. The maximum atomic E-state index is 11.6. The quantitative estimate of drug-likeness (QED) is 0.793. The summed E-state index contributed by atoms with van der Waals surface area (Å²) in [6, 6.07) is 8.13. The number of hydrogen-bond acceptors (Lipinski definition) is 2. The molecule has 1 fully saturated rings. The lowest BCUT2D eigenvalue weighted by molar-refractivity contribution is -0.122. The van der Waals surface area contributed by atoms with Crippen molar-refractivity contribution in [2.45, 2.75) is 46.5 Å². The van der Waals surface area contributed by atoms with Crippen LogP contribution in [0.4, 0.5) is 0 Å². The van der Waals surface area contributed by atoms with Crippen LogP contribution in [0.5, 0.6) is 5.75 Å². The Hall–Kier alpha value is -1.31. The molecule has 1 aliphatic rings. The van der Waals surface area contributed by atoms with E-state index in [2.05, 4.69) is 39.8 Å². The third-order valence-corrected chi connectivity index (χ3v) is 4.07. The third-order valence-electron chi connectivity index (χ3n) is 4.07. The Balaban J connectivity index is 2.00. The molecule has 104 valence electrons. The van der Waals surface area contributed by atoms with Crippen molar-refractivity contribution in [1.82, 2.24) is 0 Å². The number of carbonyl (C=O) groups excluding carboxylic acids is 1. The van der Waals surface area contributed by atoms with Crippen LogP contribution in [0.2, 0.25) is 0 Å². The molecule has 0 radical (unpaired) electrons. The number of rotatable bonds is 5. The summed E-state index contributed by atoms with van der Waals surface area (Å²) in [5.41, 5.74) is 1.49. The minimum Gasteiger partial charge on any atom is -0.486 e. The lowest BCUT2D eigenvalue weighted by Gasteiger charge is -2.27. The second kappa shape index (κ2) is 5.36. The van der Waals surface area contributed by atoms with E-state index in [-0.39, 0.29) is 23.7 Å². The maximum absolute atomic E-state index is 11.6. The number of carbonyl (C=O) groups is 1. The fourth-order valence-corrected chi connectivity index (χ4v) is 2.05. The van der Waals surface area contributed by atoms with Crippen LogP contribution in [-0.4, -0.2) is 12.4 Å². The SMILES string of the molecule is CC(c1cccc(OCC(=O)C2CC2)c1)C(C)(C)C. The summed E-state index contributed by atoms with van der Waals surface area (Å²) in [5.74, 6) is 1.78. The van der Waals surface area contributed by atoms with Gasteiger partial charge in [-0.25, -0.2) is 0 Å². The predicted molar refractivity (Wildman–Crippen MR) is 77.5 cm³/mol. The molecule has 1 aromatic rings. The fourth-order valence-electron chi connectivity index (χ4n) is 2.05. The normalized spacial score (nSPS) is 17.1. The van der Waals surface area contributed by atoms with E-state index >= 15 is 0 Å². The Morgan fingerprint density at radius 2 is 2.05 bits per heavy atom. The molecular weight excluding hydrogens is 236 g/mol. The smallest absolute Gasteiger partial charge is 0.173 e. The minimum absolute atomic E-state index is 0.220. The molecule has 0 N–H and O–H groups in total. The van der Waals surface area contributed by atoms with Gasteiger partial charge in [-0.3, -0.25) is 4.79 Å². The van der Waals surface area contributed by atoms with Gasteiger partial charge in [0.05, 0.1) is 0 Å². The number of ether oxygens (including phenoxy) is 1. The lowest BCUT2D eigenvalue weighted by atomic mass is 9.78. The van der Waals surface area contributed by atoms with Crippen molar-refractivity contribution in [3.8, 4) is 5.75 Å². The molecule has 0 bridgehead atoms. The molecule has 1 unspecified atom stereocenters. The zero-order valence-electron chi connectivity index (χ0n) is 12.4. The largest absolute Gasteiger partial charge is 0.486 e. The molecule has 1 aromatic carbocycles. The molecule has 0 saturated heterocycles. The van der Waals surface area contributed by atoms with Crippen molar-refractivity contribution < 1.29 is 9.53 Å². The van der Waals surface area contributed by atoms with Crippen LogP contribution in [0.15, 0.2) is 24.3 Å². The molecule has 0 aliphatic heterocycles. The van der Waals surface area contributed by atoms with Crippen LogP contribution in [0.1, 0.15) is 52.0 Å². The molecule has 0 heterocycles. The average Bonchev–Trinajstić information content (AvgIpc) is 3.18. The van der Waals surface area contributed by atoms with Crippen LogP contribution < -0.4 is 4.74 Å². The van der Waals surface area contributed by atoms with E-state index in [1.807, 2.05) is 12.1 Å². The summed E-state index contributed by atoms with van der Waals surface area (Å²) in [5, 5.41) is 0. The molecule has 0 spiro atoms. The first-order chi connectivity index (χ1) is 8.88. The molecule has 2 rings (SSSR count). The predicted octanol–water partition coefficient (Wildman–Crippen LogP) is 4.19. The highest BCUT2D eigenvalue weighted by Crippen LogP contribution is 2.35. The molecule has 1 aliphatic carbocycles. The highest BCUT2D eigenvalue weighted by atomic mass is 16.5. The summed E-state index contributed by atoms with van der Waals surface area (Å²) < 4.78 is 5.62. The summed E-state index contributed by atoms with van der Waals surface area (Å²) >= 11 is 0. The fraction of sp³-hybridized carbons (Fsp3) is 0.588. The molecular formula is C17H24O2. The van der Waals surface area contributed by atoms with Gasteiger partial charge in [0.15, 0.2) is 5.78 Å². The van der Waals surface area contributed by atoms with Crippen molar-refractivity contribution in [1.29, 1.82) is 0 Å². The molecule has 2 nitrogen and oxygen atoms in total. The van der Waals surface area contributed by atoms with Gasteiger partial charge >= 0.3 is 0 Å². The highest BCUT2D eigenvalue weighted by molar-refractivity contribution is 5.84. The van der Waals surface area contributed by atoms with Gasteiger partial charge in [0, 0.05) is 5.92 Å². The van der Waals surface area contributed by atoms with Gasteiger partial charge in [-0.15, -0.1) is 0 Å². The molecule has 0 aromatic heterocycles. The Labute approximate surface area is 116 Å². The van der Waals surface area contributed by atoms with Gasteiger partial charge in [0.25, 0.3) is 0 Å². The number of ketones is 1. The molecule has 1 saturated carbocycles. The van der Waals surface area contributed by atoms with Crippen molar-refractivity contribution in [3.05, 3.63) is 29.8 Å². The Kier molecular flexibility index (Phi) is 3.98. The van der Waals surface area contributed by atoms with Crippen LogP contribution in [-0.2, 0) is 4.79 Å². The van der Waals surface area contributed by atoms with E-state index in [1.165, 1.54) is 5.56 Å². The van der Waals surface area contributed by atoms with Gasteiger partial charge in [0.1, 0.15) is 12.4 Å². The molecule has 2 heteroatoms. The summed E-state index contributed by atoms with van der Waals surface area (Å²) in [6.45, 7) is 9.16. The zero-order valence-corrected chi connectivity index (χ0v) is 12.4. The van der Waals surface area contributed by atoms with Crippen molar-refractivity contribution in [3.63, 3.8) is 0 Å². The maximum Gasteiger partial charge on any atom is 0.173 e. The first-order valence-corrected chi connectivity index (χ1v) is 7.13. The number of Topliss-reactive ketones (excluding diaryl/α,β-unsaturated/α-hetero) is 1. The topological polar surface area (TPSA) is 26.3 Å². The second-order valence-corrected chi connectivity index (χ2v) is 6.69. The summed E-state index contributed by atoms with van der Waals surface area (Å²) in [6.07, 6.45) is 2.09. The van der Waals surface area contributed by atoms with Gasteiger partial charge in [-0.05, 0) is 41.9 Å². The standard InChI is InChI=1S/C17H24O2/c1-12(17(2,3)4)14-6-5-7-15(10-14)19-11-16(18)13-8-9-13/h5-7,10,12-13H,8-9,11H2,1-4H3. The van der Waals surface area contributed by atoms with E-state index in [4.69, 9.17) is 4.74 Å². The van der Waals surface area contributed by atoms with E-state index in [9.17, 15) is 4.79 Å². The monoisotopic (exact) mass is 260 g/mol. The van der Waals surface area contributed by atoms with Crippen LogP contribution >= 0.6 is 0 Å². The van der Waals surface area contributed by atoms with E-state index in [0.717, 1.165) is 18.6 Å². The van der Waals surface area contributed by atoms with Crippen LogP contribution in [0.25, 0.3) is 0 Å². The van der Waals surface area contributed by atoms with Crippen molar-refractivity contribution in [2.75, 3.05) is 6.61 Å². The van der Waals surface area contributed by atoms with Crippen molar-refractivity contribution >= 4 is 5.78 Å². The third kappa shape index (κ3) is 3.82. The minimum atomic E-state index is 0.220. The van der Waals surface area contributed by atoms with Gasteiger partial charge in [-0.1, -0.05) is 39.8 Å². The summed E-state index contributed by atoms with van der Waals surface area (Å²) in [7, 11) is 0. The van der Waals surface area contributed by atoms with Gasteiger partial charge in [0.2, 0.25) is 0 Å². The number of hydrogen-bond donors (Lipinski definition) is 0. The first kappa shape index (κ1) is 14.1. The van der Waals surface area contributed by atoms with Gasteiger partial charge < -0.3 is 4.74 Å². The van der Waals surface area contributed by atoms with Crippen LogP contribution in [0, 0.1) is 11.3 Å². The van der Waals surface area contributed by atoms with Gasteiger partial charge in [-0.2, -0.15) is 0 Å². The highest BCUT2D eigenvalue weighted by Gasteiger charge is 2.29. The van der Waals surface area contributed by atoms with Crippen LogP contribution in [0.3, 0.4) is 0 Å². The van der Waals surface area contributed by atoms with E-state index < -0.39 is 0 Å². The molecule has 0 amide bonds. The Morgan fingerprint density at radius 1 is 1.37 bits per heavy atom. The number of benzene rings is 1. The van der Waals surface area contributed by atoms with Crippen molar-refractivity contribution in [2.24, 2.45) is 11.3 Å². The Morgan fingerprint density at radius 3 is 2.63 bits per heavy atom. The molecule has 1 atom stereocenters. The van der Waals surface area contributed by atoms with E-state index in [0.29, 0.717) is 5.92 Å². The summed E-state index contributed by atoms with van der Waals surface area (Å²) in [4.78, 5) is 11.6. The van der Waals surface area contributed by atoms with E-state index in [1.54, 1.807) is 0 Å². The average molecular weight is 260 g/mol. The molecule has 19 heavy (non-hydrogen) atoms. The lowest BCUT2D eigenvalue weighted by Crippen LogP contribution is -2.16. The zero-order chi connectivity index (χ0) is 14.0. The second-order valence-electron chi connectivity index (χ2n) is 6.69. The first-order valence-electron chi connectivity index (χ1n) is 7.13.